The summed E-state index contributed by atoms with van der Waals surface area (Å²) in [6.07, 6.45) is 3.32. The molecule has 1 aromatic heterocycles. The first kappa shape index (κ1) is 9.97. The van der Waals surface area contributed by atoms with Crippen molar-refractivity contribution in [2.75, 3.05) is 13.1 Å². The lowest BCUT2D eigenvalue weighted by Gasteiger charge is -2.22. The maximum absolute atomic E-state index is 11.9. The highest BCUT2D eigenvalue weighted by atomic mass is 16.2. The lowest BCUT2D eigenvalue weighted by atomic mass is 10.2. The van der Waals surface area contributed by atoms with Gasteiger partial charge in [-0.1, -0.05) is 0 Å². The summed E-state index contributed by atoms with van der Waals surface area (Å²) in [5.74, 6) is -0.152. The third-order valence-electron chi connectivity index (χ3n) is 2.74. The largest absolute Gasteiger partial charge is 0.333 e. The van der Waals surface area contributed by atoms with Crippen molar-refractivity contribution in [1.29, 1.82) is 0 Å². The number of nitrogens with one attached hydrogen (secondary N) is 2. The average molecular weight is 210 g/mol. The molecule has 1 fully saturated rings. The van der Waals surface area contributed by atoms with Crippen LogP contribution < -0.4 is 11.4 Å². The van der Waals surface area contributed by atoms with Crippen LogP contribution in [0.5, 0.6) is 0 Å². The number of rotatable bonds is 2. The molecule has 0 saturated carbocycles. The Balaban J connectivity index is 2.17. The molecule has 1 aromatic rings. The standard InChI is InChI=1S/C9H14N4O2/c10-4-6-2-1-3-13(6)8(14)7-5-11-9(15)12-7/h5-6H,1-4,10H2,(H2,11,12,15). The molecule has 1 atom stereocenters. The third-order valence-corrected chi connectivity index (χ3v) is 2.74. The molecule has 0 radical (unpaired) electrons. The van der Waals surface area contributed by atoms with Gasteiger partial charge in [-0.2, -0.15) is 0 Å². The number of carbonyl (C=O) groups is 1. The highest BCUT2D eigenvalue weighted by Gasteiger charge is 2.28. The number of nitrogens with zero attached hydrogens (tertiary/aromatic N) is 1. The molecule has 6 heteroatoms. The topological polar surface area (TPSA) is 95.0 Å². The molecule has 1 aliphatic rings. The van der Waals surface area contributed by atoms with Gasteiger partial charge in [-0.05, 0) is 12.8 Å². The number of aromatic nitrogens is 2. The number of amides is 1. The Labute approximate surface area is 86.5 Å². The number of imidazole rings is 1. The SMILES string of the molecule is NCC1CCCN1C(=O)c1c[nH]c(=O)[nH]1. The average Bonchev–Trinajstić information content (AvgIpc) is 2.84. The Morgan fingerprint density at radius 2 is 2.47 bits per heavy atom. The summed E-state index contributed by atoms with van der Waals surface area (Å²) < 4.78 is 0. The molecule has 2 rings (SSSR count). The Bertz CT molecular complexity index is 408. The first-order valence-electron chi connectivity index (χ1n) is 5.01. The lowest BCUT2D eigenvalue weighted by Crippen LogP contribution is -2.40. The van der Waals surface area contributed by atoms with E-state index in [0.717, 1.165) is 12.8 Å². The number of hydrogen-bond acceptors (Lipinski definition) is 3. The van der Waals surface area contributed by atoms with Crippen LogP contribution in [-0.4, -0.2) is 39.9 Å². The quantitative estimate of drug-likeness (QED) is 0.600. The number of aromatic amines is 2. The molecule has 15 heavy (non-hydrogen) atoms. The Morgan fingerprint density at radius 3 is 3.07 bits per heavy atom. The molecule has 82 valence electrons. The van der Waals surface area contributed by atoms with Gasteiger partial charge in [0.2, 0.25) is 0 Å². The number of hydrogen-bond donors (Lipinski definition) is 3. The van der Waals surface area contributed by atoms with E-state index in [4.69, 9.17) is 5.73 Å². The fourth-order valence-electron chi connectivity index (χ4n) is 1.95. The lowest BCUT2D eigenvalue weighted by molar-refractivity contribution is 0.0735. The number of nitrogens with two attached hydrogens (primary N) is 1. The van der Waals surface area contributed by atoms with E-state index in [2.05, 4.69) is 9.97 Å². The van der Waals surface area contributed by atoms with E-state index in [9.17, 15) is 9.59 Å². The summed E-state index contributed by atoms with van der Waals surface area (Å²) in [4.78, 5) is 29.4. The van der Waals surface area contributed by atoms with Crippen LogP contribution in [0.4, 0.5) is 0 Å². The minimum absolute atomic E-state index is 0.107. The van der Waals surface area contributed by atoms with Crippen LogP contribution in [0.3, 0.4) is 0 Å². The van der Waals surface area contributed by atoms with Gasteiger partial charge in [-0.15, -0.1) is 0 Å². The van der Waals surface area contributed by atoms with Crippen LogP contribution in [-0.2, 0) is 0 Å². The van der Waals surface area contributed by atoms with Crippen molar-refractivity contribution in [1.82, 2.24) is 14.9 Å². The van der Waals surface area contributed by atoms with Crippen LogP contribution in [0.15, 0.2) is 11.0 Å². The van der Waals surface area contributed by atoms with Gasteiger partial charge >= 0.3 is 5.69 Å². The molecule has 0 spiro atoms. The first-order chi connectivity index (χ1) is 7.22. The van der Waals surface area contributed by atoms with Crippen LogP contribution in [0.1, 0.15) is 23.3 Å². The van der Waals surface area contributed by atoms with Gasteiger partial charge in [0.25, 0.3) is 5.91 Å². The second-order valence-electron chi connectivity index (χ2n) is 3.69. The zero-order valence-electron chi connectivity index (χ0n) is 8.32. The van der Waals surface area contributed by atoms with E-state index < -0.39 is 0 Å². The molecule has 0 aromatic carbocycles. The predicted octanol–water partition coefficient (Wildman–Crippen LogP) is -0.734. The maximum Gasteiger partial charge on any atom is 0.323 e. The highest BCUT2D eigenvalue weighted by Crippen LogP contribution is 2.17. The molecule has 6 nitrogen and oxygen atoms in total. The van der Waals surface area contributed by atoms with Crippen molar-refractivity contribution in [2.24, 2.45) is 5.73 Å². The maximum atomic E-state index is 11.9. The highest BCUT2D eigenvalue weighted by molar-refractivity contribution is 5.92. The van der Waals surface area contributed by atoms with Crippen molar-refractivity contribution in [2.45, 2.75) is 18.9 Å². The van der Waals surface area contributed by atoms with E-state index in [1.807, 2.05) is 0 Å². The Hall–Kier alpha value is -1.56. The van der Waals surface area contributed by atoms with Gasteiger partial charge in [0.05, 0.1) is 0 Å². The summed E-state index contributed by atoms with van der Waals surface area (Å²) in [6.45, 7) is 1.19. The van der Waals surface area contributed by atoms with Crippen molar-refractivity contribution < 1.29 is 4.79 Å². The molecule has 2 heterocycles. The molecule has 1 aliphatic heterocycles. The molecular formula is C9H14N4O2. The molecular weight excluding hydrogens is 196 g/mol. The van der Waals surface area contributed by atoms with Gasteiger partial charge in [-0.3, -0.25) is 4.79 Å². The van der Waals surface area contributed by atoms with Gasteiger partial charge < -0.3 is 20.6 Å². The number of H-pyrrole nitrogens is 2. The van der Waals surface area contributed by atoms with Crippen LogP contribution in [0, 0.1) is 0 Å². The molecule has 4 N–H and O–H groups in total. The Kier molecular flexibility index (Phi) is 2.59. The fourth-order valence-corrected chi connectivity index (χ4v) is 1.95. The van der Waals surface area contributed by atoms with Crippen molar-refractivity contribution in [3.05, 3.63) is 22.4 Å². The van der Waals surface area contributed by atoms with Gasteiger partial charge in [0, 0.05) is 25.3 Å². The van der Waals surface area contributed by atoms with Gasteiger partial charge in [0.15, 0.2) is 0 Å². The van der Waals surface area contributed by atoms with Crippen molar-refractivity contribution in [3.63, 3.8) is 0 Å². The van der Waals surface area contributed by atoms with Crippen molar-refractivity contribution in [3.8, 4) is 0 Å². The first-order valence-corrected chi connectivity index (χ1v) is 5.01. The Morgan fingerprint density at radius 1 is 1.67 bits per heavy atom. The van der Waals surface area contributed by atoms with Crippen LogP contribution >= 0.6 is 0 Å². The second kappa shape index (κ2) is 3.90. The molecule has 0 aliphatic carbocycles. The van der Waals surface area contributed by atoms with E-state index in [1.165, 1.54) is 6.20 Å². The smallest absolute Gasteiger partial charge is 0.323 e. The molecule has 0 bridgehead atoms. The third kappa shape index (κ3) is 1.80. The van der Waals surface area contributed by atoms with E-state index in [-0.39, 0.29) is 17.6 Å². The molecule has 1 amide bonds. The molecule has 1 unspecified atom stereocenters. The minimum atomic E-state index is -0.359. The van der Waals surface area contributed by atoms with E-state index in [1.54, 1.807) is 4.90 Å². The second-order valence-corrected chi connectivity index (χ2v) is 3.69. The zero-order chi connectivity index (χ0) is 10.8. The van der Waals surface area contributed by atoms with Gasteiger partial charge in [0.1, 0.15) is 5.69 Å². The summed E-state index contributed by atoms with van der Waals surface area (Å²) in [7, 11) is 0. The zero-order valence-corrected chi connectivity index (χ0v) is 8.32. The normalized spacial score (nSPS) is 20.9. The summed E-state index contributed by atoms with van der Waals surface area (Å²) in [5.41, 5.74) is 5.52. The monoisotopic (exact) mass is 210 g/mol. The van der Waals surface area contributed by atoms with E-state index in [0.29, 0.717) is 18.8 Å². The summed E-state index contributed by atoms with van der Waals surface area (Å²) >= 11 is 0. The van der Waals surface area contributed by atoms with Crippen molar-refractivity contribution >= 4 is 5.91 Å². The fraction of sp³-hybridized carbons (Fsp3) is 0.556. The minimum Gasteiger partial charge on any atom is -0.333 e. The predicted molar refractivity (Wildman–Crippen MR) is 54.5 cm³/mol. The van der Waals surface area contributed by atoms with Crippen LogP contribution in [0.25, 0.3) is 0 Å². The number of likely N-dealkylation sites (tertiary alicyclic amines) is 1. The summed E-state index contributed by atoms with van der Waals surface area (Å²) in [6, 6.07) is 0.107. The number of carbonyl (C=O) groups excluding carboxylic acids is 1. The summed E-state index contributed by atoms with van der Waals surface area (Å²) in [5, 5.41) is 0. The molecule has 1 saturated heterocycles. The van der Waals surface area contributed by atoms with E-state index >= 15 is 0 Å². The van der Waals surface area contributed by atoms with Gasteiger partial charge in [-0.25, -0.2) is 4.79 Å². The van der Waals surface area contributed by atoms with Crippen LogP contribution in [0.2, 0.25) is 0 Å².